The predicted octanol–water partition coefficient (Wildman–Crippen LogP) is 3.97. The van der Waals surface area contributed by atoms with E-state index in [1.807, 2.05) is 0 Å². The fraction of sp³-hybridized carbons (Fsp3) is 0.364. The topological polar surface area (TPSA) is 35.5 Å². The summed E-state index contributed by atoms with van der Waals surface area (Å²) in [6.45, 7) is 0. The van der Waals surface area contributed by atoms with Gasteiger partial charge >= 0.3 is 25.1 Å². The molecule has 124 valence electrons. The van der Waals surface area contributed by atoms with Gasteiger partial charge in [-0.2, -0.15) is 35.1 Å². The Balaban J connectivity index is 3.11. The first kappa shape index (κ1) is 18.0. The van der Waals surface area contributed by atoms with Crippen molar-refractivity contribution in [2.75, 3.05) is 0 Å². The molecule has 0 atom stereocenters. The molecule has 1 aromatic carbocycles. The molecule has 0 heterocycles. The van der Waals surface area contributed by atoms with Gasteiger partial charge in [0.1, 0.15) is 17.8 Å². The van der Waals surface area contributed by atoms with Crippen molar-refractivity contribution in [3.63, 3.8) is 0 Å². The van der Waals surface area contributed by atoms with Gasteiger partial charge in [0.05, 0.1) is 0 Å². The lowest BCUT2D eigenvalue weighted by Gasteiger charge is -2.20. The third kappa shape index (κ3) is 4.46. The fourth-order valence-corrected chi connectivity index (χ4v) is 1.18. The van der Waals surface area contributed by atoms with Gasteiger partial charge in [0.15, 0.2) is 0 Å². The molecule has 1 rings (SSSR count). The van der Waals surface area contributed by atoms with Crippen molar-refractivity contribution in [3.8, 4) is 11.5 Å². The van der Waals surface area contributed by atoms with E-state index in [9.17, 15) is 39.9 Å². The summed E-state index contributed by atoms with van der Waals surface area (Å²) in [5, 5.41) is 0. The van der Waals surface area contributed by atoms with Gasteiger partial charge in [-0.15, -0.1) is 0 Å². The van der Waals surface area contributed by atoms with E-state index < -0.39 is 42.1 Å². The highest BCUT2D eigenvalue weighted by Crippen LogP contribution is 2.33. The SMILES string of the molecule is O=Cc1cc(OC(F)(F)C(F)F)cc(OC(F)(F)C(F)F)c1. The van der Waals surface area contributed by atoms with Crippen LogP contribution in [0.15, 0.2) is 18.2 Å². The third-order valence-electron chi connectivity index (χ3n) is 2.05. The van der Waals surface area contributed by atoms with Gasteiger partial charge in [-0.05, 0) is 12.1 Å². The second-order valence-corrected chi connectivity index (χ2v) is 3.78. The molecule has 0 aliphatic heterocycles. The Bertz CT molecular complexity index is 492. The van der Waals surface area contributed by atoms with Gasteiger partial charge in [0, 0.05) is 11.6 Å². The predicted molar refractivity (Wildman–Crippen MR) is 55.0 cm³/mol. The Morgan fingerprint density at radius 3 is 1.45 bits per heavy atom. The van der Waals surface area contributed by atoms with Crippen LogP contribution in [0, 0.1) is 0 Å². The van der Waals surface area contributed by atoms with E-state index in [4.69, 9.17) is 0 Å². The first-order chi connectivity index (χ1) is 9.98. The minimum absolute atomic E-state index is 0.0409. The van der Waals surface area contributed by atoms with Crippen molar-refractivity contribution >= 4 is 6.29 Å². The van der Waals surface area contributed by atoms with Crippen LogP contribution in [0.4, 0.5) is 35.1 Å². The van der Waals surface area contributed by atoms with Crippen LogP contribution in [-0.4, -0.2) is 31.4 Å². The van der Waals surface area contributed by atoms with Crippen molar-refractivity contribution < 1.29 is 49.4 Å². The van der Waals surface area contributed by atoms with E-state index in [0.29, 0.717) is 12.1 Å². The molecule has 0 aromatic heterocycles. The average Bonchev–Trinajstić information content (AvgIpc) is 2.36. The Morgan fingerprint density at radius 1 is 0.818 bits per heavy atom. The molecule has 0 radical (unpaired) electrons. The number of rotatable bonds is 7. The molecule has 0 bridgehead atoms. The first-order valence-electron chi connectivity index (χ1n) is 5.28. The quantitative estimate of drug-likeness (QED) is 0.557. The molecule has 0 spiro atoms. The summed E-state index contributed by atoms with van der Waals surface area (Å²) in [6.07, 6.45) is -18.5. The van der Waals surface area contributed by atoms with E-state index in [2.05, 4.69) is 9.47 Å². The monoisotopic (exact) mass is 338 g/mol. The second kappa shape index (κ2) is 6.36. The van der Waals surface area contributed by atoms with Gasteiger partial charge in [0.25, 0.3) is 0 Å². The van der Waals surface area contributed by atoms with Crippen molar-refractivity contribution in [1.29, 1.82) is 0 Å². The highest BCUT2D eigenvalue weighted by atomic mass is 19.3. The van der Waals surface area contributed by atoms with E-state index in [1.54, 1.807) is 0 Å². The van der Waals surface area contributed by atoms with Crippen LogP contribution in [-0.2, 0) is 0 Å². The minimum atomic E-state index is -4.98. The number of hydrogen-bond donors (Lipinski definition) is 0. The van der Waals surface area contributed by atoms with E-state index in [1.165, 1.54) is 0 Å². The maximum atomic E-state index is 12.7. The van der Waals surface area contributed by atoms with Crippen molar-refractivity contribution in [2.24, 2.45) is 0 Å². The smallest absolute Gasteiger partial charge is 0.428 e. The lowest BCUT2D eigenvalue weighted by Crippen LogP contribution is -2.34. The Kier molecular flexibility index (Phi) is 5.20. The van der Waals surface area contributed by atoms with Crippen LogP contribution in [0.5, 0.6) is 11.5 Å². The van der Waals surface area contributed by atoms with Crippen LogP contribution in [0.25, 0.3) is 0 Å². The molecule has 0 N–H and O–H groups in total. The van der Waals surface area contributed by atoms with Gasteiger partial charge in [-0.1, -0.05) is 0 Å². The summed E-state index contributed by atoms with van der Waals surface area (Å²) in [5.41, 5.74) is -0.595. The largest absolute Gasteiger partial charge is 0.461 e. The maximum Gasteiger partial charge on any atom is 0.461 e. The normalized spacial score (nSPS) is 12.6. The summed E-state index contributed by atoms with van der Waals surface area (Å²) in [4.78, 5) is 10.5. The molecule has 0 aliphatic rings. The van der Waals surface area contributed by atoms with Crippen LogP contribution in [0.1, 0.15) is 10.4 Å². The minimum Gasteiger partial charge on any atom is -0.428 e. The molecular weight excluding hydrogens is 332 g/mol. The van der Waals surface area contributed by atoms with Gasteiger partial charge in [0.2, 0.25) is 0 Å². The van der Waals surface area contributed by atoms with E-state index in [-0.39, 0.29) is 12.4 Å². The summed E-state index contributed by atoms with van der Waals surface area (Å²) in [7, 11) is 0. The van der Waals surface area contributed by atoms with Crippen LogP contribution in [0.2, 0.25) is 0 Å². The number of carbonyl (C=O) groups is 1. The molecule has 0 aliphatic carbocycles. The number of alkyl halides is 8. The van der Waals surface area contributed by atoms with E-state index in [0.717, 1.165) is 0 Å². The van der Waals surface area contributed by atoms with E-state index >= 15 is 0 Å². The first-order valence-corrected chi connectivity index (χ1v) is 5.28. The summed E-state index contributed by atoms with van der Waals surface area (Å²) in [6, 6.07) is 1.26. The molecule has 22 heavy (non-hydrogen) atoms. The zero-order valence-corrected chi connectivity index (χ0v) is 10.2. The molecule has 3 nitrogen and oxygen atoms in total. The highest BCUT2D eigenvalue weighted by Gasteiger charge is 2.45. The van der Waals surface area contributed by atoms with Gasteiger partial charge in [-0.3, -0.25) is 4.79 Å². The van der Waals surface area contributed by atoms with Crippen LogP contribution >= 0.6 is 0 Å². The van der Waals surface area contributed by atoms with Crippen molar-refractivity contribution in [2.45, 2.75) is 25.1 Å². The number of ether oxygens (including phenoxy) is 2. The number of halogens is 8. The standard InChI is InChI=1S/C11H6F8O3/c12-8(13)10(16,17)21-6-1-5(4-20)2-7(3-6)22-11(18,19)9(14)15/h1-4,8-9H. The molecule has 0 fully saturated rings. The molecule has 1 aromatic rings. The molecule has 0 unspecified atom stereocenters. The zero-order valence-electron chi connectivity index (χ0n) is 10.2. The number of carbonyl (C=O) groups excluding carboxylic acids is 1. The average molecular weight is 338 g/mol. The number of hydrogen-bond acceptors (Lipinski definition) is 3. The zero-order chi connectivity index (χ0) is 17.1. The lowest BCUT2D eigenvalue weighted by molar-refractivity contribution is -0.255. The van der Waals surface area contributed by atoms with Gasteiger partial charge < -0.3 is 9.47 Å². The number of benzene rings is 1. The van der Waals surface area contributed by atoms with Crippen molar-refractivity contribution in [1.82, 2.24) is 0 Å². The molecular formula is C11H6F8O3. The molecule has 11 heteroatoms. The third-order valence-corrected chi connectivity index (χ3v) is 2.05. The lowest BCUT2D eigenvalue weighted by atomic mass is 10.2. The highest BCUT2D eigenvalue weighted by molar-refractivity contribution is 5.76. The molecule has 0 saturated carbocycles. The summed E-state index contributed by atoms with van der Waals surface area (Å²) < 4.78 is 106. The Morgan fingerprint density at radius 2 is 1.18 bits per heavy atom. The molecule has 0 saturated heterocycles. The van der Waals surface area contributed by atoms with Crippen LogP contribution in [0.3, 0.4) is 0 Å². The fourth-order valence-electron chi connectivity index (χ4n) is 1.18. The maximum absolute atomic E-state index is 12.7. The summed E-state index contributed by atoms with van der Waals surface area (Å²) >= 11 is 0. The van der Waals surface area contributed by atoms with Crippen LogP contribution < -0.4 is 9.47 Å². The Hall–Kier alpha value is -2.07. The Labute approximate surface area is 117 Å². The van der Waals surface area contributed by atoms with Gasteiger partial charge in [-0.25, -0.2) is 0 Å². The summed E-state index contributed by atoms with van der Waals surface area (Å²) in [5.74, 6) is -2.29. The number of aldehydes is 1. The van der Waals surface area contributed by atoms with Crippen molar-refractivity contribution in [3.05, 3.63) is 23.8 Å². The molecule has 0 amide bonds. The second-order valence-electron chi connectivity index (χ2n) is 3.78.